The standard InChI is InChI=1S/C18H21FN2O3S/c1-13(2)16-6-4-5-7-17(16)21(25(3,23)24)12-18(22)20-15-10-8-14(19)9-11-15/h4-11,13H,12H2,1-3H3,(H,20,22). The first-order valence-corrected chi connectivity index (χ1v) is 9.65. The zero-order chi connectivity index (χ0) is 18.6. The van der Waals surface area contributed by atoms with Crippen LogP contribution in [0, 0.1) is 5.82 Å². The van der Waals surface area contributed by atoms with Crippen molar-refractivity contribution in [1.82, 2.24) is 0 Å². The van der Waals surface area contributed by atoms with E-state index in [1.54, 1.807) is 12.1 Å². The summed E-state index contributed by atoms with van der Waals surface area (Å²) in [5.74, 6) is -0.821. The molecule has 134 valence electrons. The predicted octanol–water partition coefficient (Wildman–Crippen LogP) is 3.35. The molecule has 7 heteroatoms. The molecule has 0 heterocycles. The summed E-state index contributed by atoms with van der Waals surface area (Å²) < 4.78 is 38.5. The topological polar surface area (TPSA) is 66.5 Å². The van der Waals surface area contributed by atoms with Crippen LogP contribution in [-0.4, -0.2) is 27.1 Å². The summed E-state index contributed by atoms with van der Waals surface area (Å²) in [7, 11) is -3.66. The van der Waals surface area contributed by atoms with Crippen molar-refractivity contribution >= 4 is 27.3 Å². The molecule has 0 bridgehead atoms. The molecular weight excluding hydrogens is 343 g/mol. The Labute approximate surface area is 147 Å². The van der Waals surface area contributed by atoms with Crippen LogP contribution in [0.15, 0.2) is 48.5 Å². The van der Waals surface area contributed by atoms with E-state index >= 15 is 0 Å². The predicted molar refractivity (Wildman–Crippen MR) is 97.8 cm³/mol. The van der Waals surface area contributed by atoms with Gasteiger partial charge in [-0.1, -0.05) is 32.0 Å². The third-order valence-electron chi connectivity index (χ3n) is 3.64. The minimum Gasteiger partial charge on any atom is -0.325 e. The van der Waals surface area contributed by atoms with Crippen LogP contribution in [0.4, 0.5) is 15.8 Å². The van der Waals surface area contributed by atoms with E-state index in [1.165, 1.54) is 24.3 Å². The molecule has 0 saturated heterocycles. The maximum absolute atomic E-state index is 12.9. The Hall–Kier alpha value is -2.41. The van der Waals surface area contributed by atoms with Crippen molar-refractivity contribution in [3.8, 4) is 0 Å². The fourth-order valence-corrected chi connectivity index (χ4v) is 3.32. The molecule has 2 aromatic rings. The van der Waals surface area contributed by atoms with Gasteiger partial charge in [0.05, 0.1) is 11.9 Å². The van der Waals surface area contributed by atoms with E-state index in [2.05, 4.69) is 5.32 Å². The molecule has 1 N–H and O–H groups in total. The number of sulfonamides is 1. The Balaban J connectivity index is 2.28. The van der Waals surface area contributed by atoms with Crippen LogP contribution >= 0.6 is 0 Å². The molecule has 1 amide bonds. The lowest BCUT2D eigenvalue weighted by Gasteiger charge is -2.25. The van der Waals surface area contributed by atoms with Gasteiger partial charge in [-0.05, 0) is 41.8 Å². The molecule has 0 aliphatic carbocycles. The third-order valence-corrected chi connectivity index (χ3v) is 4.77. The van der Waals surface area contributed by atoms with E-state index in [0.29, 0.717) is 11.4 Å². The molecule has 0 atom stereocenters. The highest BCUT2D eigenvalue weighted by Crippen LogP contribution is 2.28. The van der Waals surface area contributed by atoms with E-state index in [1.807, 2.05) is 26.0 Å². The second-order valence-electron chi connectivity index (χ2n) is 6.04. The number of anilines is 2. The van der Waals surface area contributed by atoms with Gasteiger partial charge in [-0.15, -0.1) is 0 Å². The Bertz CT molecular complexity index is 849. The van der Waals surface area contributed by atoms with Crippen LogP contribution in [0.25, 0.3) is 0 Å². The van der Waals surface area contributed by atoms with Gasteiger partial charge in [0, 0.05) is 5.69 Å². The summed E-state index contributed by atoms with van der Waals surface area (Å²) in [6.07, 6.45) is 1.06. The monoisotopic (exact) mass is 364 g/mol. The molecule has 0 spiro atoms. The Morgan fingerprint density at radius 3 is 2.28 bits per heavy atom. The van der Waals surface area contributed by atoms with Gasteiger partial charge >= 0.3 is 0 Å². The zero-order valence-electron chi connectivity index (χ0n) is 14.4. The molecule has 25 heavy (non-hydrogen) atoms. The van der Waals surface area contributed by atoms with E-state index < -0.39 is 21.7 Å². The van der Waals surface area contributed by atoms with Gasteiger partial charge in [0.2, 0.25) is 15.9 Å². The SMILES string of the molecule is CC(C)c1ccccc1N(CC(=O)Nc1ccc(F)cc1)S(C)(=O)=O. The number of amides is 1. The van der Waals surface area contributed by atoms with E-state index in [0.717, 1.165) is 16.1 Å². The van der Waals surface area contributed by atoms with Crippen molar-refractivity contribution in [2.45, 2.75) is 19.8 Å². The molecule has 2 aromatic carbocycles. The highest BCUT2D eigenvalue weighted by molar-refractivity contribution is 7.92. The Kier molecular flexibility index (Phi) is 5.79. The number of halogens is 1. The highest BCUT2D eigenvalue weighted by Gasteiger charge is 2.23. The van der Waals surface area contributed by atoms with Gasteiger partial charge in [-0.2, -0.15) is 0 Å². The van der Waals surface area contributed by atoms with Gasteiger partial charge in [0.25, 0.3) is 0 Å². The van der Waals surface area contributed by atoms with Crippen molar-refractivity contribution in [2.75, 3.05) is 22.4 Å². The fourth-order valence-electron chi connectivity index (χ4n) is 2.45. The third kappa shape index (κ3) is 5.03. The first kappa shape index (κ1) is 18.9. The van der Waals surface area contributed by atoms with Gasteiger partial charge in [-0.3, -0.25) is 9.10 Å². The van der Waals surface area contributed by atoms with Gasteiger partial charge in [-0.25, -0.2) is 12.8 Å². The molecule has 0 aromatic heterocycles. The quantitative estimate of drug-likeness (QED) is 0.855. The van der Waals surface area contributed by atoms with Crippen molar-refractivity contribution in [3.63, 3.8) is 0 Å². The molecule has 0 fully saturated rings. The Morgan fingerprint density at radius 1 is 1.12 bits per heavy atom. The lowest BCUT2D eigenvalue weighted by atomic mass is 10.0. The zero-order valence-corrected chi connectivity index (χ0v) is 15.2. The second-order valence-corrected chi connectivity index (χ2v) is 7.95. The first-order chi connectivity index (χ1) is 11.7. The number of carbonyl (C=O) groups is 1. The van der Waals surface area contributed by atoms with Crippen LogP contribution in [0.1, 0.15) is 25.3 Å². The number of carbonyl (C=O) groups excluding carboxylic acids is 1. The Morgan fingerprint density at radius 2 is 1.72 bits per heavy atom. The molecule has 5 nitrogen and oxygen atoms in total. The number of hydrogen-bond donors (Lipinski definition) is 1. The molecular formula is C18H21FN2O3S. The van der Waals surface area contributed by atoms with Gasteiger partial charge in [0.15, 0.2) is 0 Å². The van der Waals surface area contributed by atoms with Crippen LogP contribution in [0.2, 0.25) is 0 Å². The minimum atomic E-state index is -3.66. The summed E-state index contributed by atoms with van der Waals surface area (Å²) in [6.45, 7) is 3.55. The summed E-state index contributed by atoms with van der Waals surface area (Å²) in [6, 6.07) is 12.4. The lowest BCUT2D eigenvalue weighted by Crippen LogP contribution is -2.38. The summed E-state index contributed by atoms with van der Waals surface area (Å²) >= 11 is 0. The molecule has 2 rings (SSSR count). The van der Waals surface area contributed by atoms with Crippen LogP contribution in [0.5, 0.6) is 0 Å². The largest absolute Gasteiger partial charge is 0.325 e. The molecule has 0 aliphatic heterocycles. The number of benzene rings is 2. The number of nitrogens with one attached hydrogen (secondary N) is 1. The average molecular weight is 364 g/mol. The molecule has 0 aliphatic rings. The maximum atomic E-state index is 12.9. The van der Waals surface area contributed by atoms with Crippen molar-refractivity contribution in [1.29, 1.82) is 0 Å². The van der Waals surface area contributed by atoms with Crippen LogP contribution in [0.3, 0.4) is 0 Å². The van der Waals surface area contributed by atoms with Crippen molar-refractivity contribution < 1.29 is 17.6 Å². The molecule has 0 radical (unpaired) electrons. The van der Waals surface area contributed by atoms with E-state index in [-0.39, 0.29) is 12.5 Å². The highest BCUT2D eigenvalue weighted by atomic mass is 32.2. The average Bonchev–Trinajstić information content (AvgIpc) is 2.54. The van der Waals surface area contributed by atoms with Gasteiger partial charge < -0.3 is 5.32 Å². The fraction of sp³-hybridized carbons (Fsp3) is 0.278. The van der Waals surface area contributed by atoms with E-state index in [4.69, 9.17) is 0 Å². The smallest absolute Gasteiger partial charge is 0.245 e. The van der Waals surface area contributed by atoms with Crippen molar-refractivity contribution in [3.05, 3.63) is 59.9 Å². The number of para-hydroxylation sites is 1. The summed E-state index contributed by atoms with van der Waals surface area (Å²) in [4.78, 5) is 12.3. The first-order valence-electron chi connectivity index (χ1n) is 7.80. The van der Waals surface area contributed by atoms with Gasteiger partial charge in [0.1, 0.15) is 12.4 Å². The molecule has 0 saturated carbocycles. The number of rotatable bonds is 6. The second kappa shape index (κ2) is 7.65. The lowest BCUT2D eigenvalue weighted by molar-refractivity contribution is -0.114. The maximum Gasteiger partial charge on any atom is 0.245 e. The van der Waals surface area contributed by atoms with E-state index in [9.17, 15) is 17.6 Å². The van der Waals surface area contributed by atoms with Crippen LogP contribution < -0.4 is 9.62 Å². The minimum absolute atomic E-state index is 0.0978. The summed E-state index contributed by atoms with van der Waals surface area (Å²) in [5, 5.41) is 2.58. The van der Waals surface area contributed by atoms with Crippen LogP contribution in [-0.2, 0) is 14.8 Å². The molecule has 0 unspecified atom stereocenters. The number of hydrogen-bond acceptors (Lipinski definition) is 3. The normalized spacial score (nSPS) is 11.4. The summed E-state index contributed by atoms with van der Waals surface area (Å²) in [5.41, 5.74) is 1.72. The van der Waals surface area contributed by atoms with Crippen molar-refractivity contribution in [2.24, 2.45) is 0 Å². The number of nitrogens with zero attached hydrogens (tertiary/aromatic N) is 1.